The summed E-state index contributed by atoms with van der Waals surface area (Å²) < 4.78 is 1.88. The fraction of sp³-hybridized carbons (Fsp3) is 0.381. The molecule has 5 heterocycles. The van der Waals surface area contributed by atoms with Crippen molar-refractivity contribution < 1.29 is 4.79 Å². The zero-order valence-corrected chi connectivity index (χ0v) is 18.0. The molecule has 0 spiro atoms. The number of fused-ring (bicyclic) bond motifs is 2. The average Bonchev–Trinajstić information content (AvgIpc) is 3.31. The van der Waals surface area contributed by atoms with Gasteiger partial charge in [-0.3, -0.25) is 4.79 Å². The third-order valence-electron chi connectivity index (χ3n) is 5.58. The van der Waals surface area contributed by atoms with Crippen LogP contribution in [0.2, 0.25) is 0 Å². The number of anilines is 1. The van der Waals surface area contributed by atoms with Gasteiger partial charge >= 0.3 is 0 Å². The van der Waals surface area contributed by atoms with E-state index in [2.05, 4.69) is 38.3 Å². The molecule has 0 saturated carbocycles. The molecule has 1 aliphatic rings. The summed E-state index contributed by atoms with van der Waals surface area (Å²) >= 11 is 1.32. The molecule has 0 radical (unpaired) electrons. The van der Waals surface area contributed by atoms with Crippen LogP contribution < -0.4 is 5.32 Å². The van der Waals surface area contributed by atoms with E-state index < -0.39 is 0 Å². The summed E-state index contributed by atoms with van der Waals surface area (Å²) in [4.78, 5) is 34.2. The molecular weight excluding hydrogens is 398 g/mol. The van der Waals surface area contributed by atoms with Crippen molar-refractivity contribution >= 4 is 39.1 Å². The van der Waals surface area contributed by atoms with Gasteiger partial charge in [0, 0.05) is 17.8 Å². The Bertz CT molecular complexity index is 1250. The molecule has 0 bridgehead atoms. The van der Waals surface area contributed by atoms with Gasteiger partial charge in [0.1, 0.15) is 16.2 Å². The summed E-state index contributed by atoms with van der Waals surface area (Å²) in [6.07, 6.45) is 5.90. The molecule has 5 rings (SSSR count). The first-order valence-corrected chi connectivity index (χ1v) is 10.9. The van der Waals surface area contributed by atoms with Gasteiger partial charge in [-0.2, -0.15) is 0 Å². The largest absolute Gasteiger partial charge is 0.306 e. The number of piperidine rings is 1. The number of amides is 1. The Labute approximate surface area is 178 Å². The Hall–Kier alpha value is -2.91. The average molecular weight is 422 g/mol. The van der Waals surface area contributed by atoms with E-state index in [1.54, 1.807) is 6.20 Å². The smallest absolute Gasteiger partial charge is 0.285 e. The van der Waals surface area contributed by atoms with Crippen molar-refractivity contribution in [2.24, 2.45) is 0 Å². The van der Waals surface area contributed by atoms with Gasteiger partial charge < -0.3 is 14.6 Å². The fourth-order valence-electron chi connectivity index (χ4n) is 3.96. The van der Waals surface area contributed by atoms with Crippen LogP contribution in [0.1, 0.15) is 45.6 Å². The van der Waals surface area contributed by atoms with Gasteiger partial charge in [0.25, 0.3) is 5.91 Å². The minimum Gasteiger partial charge on any atom is -0.306 e. The molecule has 4 aromatic heterocycles. The van der Waals surface area contributed by atoms with Crippen molar-refractivity contribution in [2.45, 2.75) is 32.6 Å². The first kappa shape index (κ1) is 19.1. The number of pyridine rings is 1. The van der Waals surface area contributed by atoms with Crippen LogP contribution in [0, 0.1) is 13.8 Å². The summed E-state index contributed by atoms with van der Waals surface area (Å²) in [6.45, 7) is 5.99. The second-order valence-electron chi connectivity index (χ2n) is 7.94. The van der Waals surface area contributed by atoms with Crippen LogP contribution in [0.4, 0.5) is 5.82 Å². The lowest BCUT2D eigenvalue weighted by atomic mass is 9.93. The molecule has 154 valence electrons. The number of aromatic nitrogens is 5. The molecule has 8 nitrogen and oxygen atoms in total. The van der Waals surface area contributed by atoms with Gasteiger partial charge in [0.15, 0.2) is 10.7 Å². The molecule has 0 aliphatic carbocycles. The summed E-state index contributed by atoms with van der Waals surface area (Å²) in [5.41, 5.74) is 4.31. The van der Waals surface area contributed by atoms with Gasteiger partial charge in [-0.05, 0) is 59.0 Å². The van der Waals surface area contributed by atoms with E-state index in [1.807, 2.05) is 30.5 Å². The first-order chi connectivity index (χ1) is 14.5. The molecule has 30 heavy (non-hydrogen) atoms. The number of nitrogens with zero attached hydrogens (tertiary/aromatic N) is 6. The first-order valence-electron chi connectivity index (χ1n) is 10.1. The number of hydrogen-bond acceptors (Lipinski definition) is 7. The topological polar surface area (TPSA) is 88.3 Å². The van der Waals surface area contributed by atoms with Gasteiger partial charge in [-0.25, -0.2) is 19.9 Å². The molecular formula is C21H23N7OS. The van der Waals surface area contributed by atoms with Crippen molar-refractivity contribution in [1.82, 2.24) is 29.2 Å². The lowest BCUT2D eigenvalue weighted by Gasteiger charge is -2.28. The van der Waals surface area contributed by atoms with Crippen molar-refractivity contribution in [3.05, 3.63) is 46.6 Å². The third kappa shape index (κ3) is 3.54. The van der Waals surface area contributed by atoms with Crippen LogP contribution in [-0.4, -0.2) is 55.3 Å². The predicted octanol–water partition coefficient (Wildman–Crippen LogP) is 3.41. The minimum atomic E-state index is -0.276. The molecule has 1 N–H and O–H groups in total. The highest BCUT2D eigenvalue weighted by Gasteiger charge is 2.21. The number of thiazole rings is 1. The molecule has 4 aromatic rings. The Morgan fingerprint density at radius 3 is 2.70 bits per heavy atom. The van der Waals surface area contributed by atoms with E-state index in [4.69, 9.17) is 4.98 Å². The number of hydrogen-bond donors (Lipinski definition) is 1. The molecule has 1 saturated heterocycles. The molecule has 0 unspecified atom stereocenters. The number of rotatable bonds is 3. The summed E-state index contributed by atoms with van der Waals surface area (Å²) in [6, 6.07) is 4.03. The highest BCUT2D eigenvalue weighted by Crippen LogP contribution is 2.29. The van der Waals surface area contributed by atoms with E-state index in [-0.39, 0.29) is 5.91 Å². The quantitative estimate of drug-likeness (QED) is 0.545. The van der Waals surface area contributed by atoms with Gasteiger partial charge in [-0.15, -0.1) is 0 Å². The third-order valence-corrected chi connectivity index (χ3v) is 6.54. The highest BCUT2D eigenvalue weighted by atomic mass is 32.1. The van der Waals surface area contributed by atoms with Crippen LogP contribution in [0.25, 0.3) is 16.0 Å². The van der Waals surface area contributed by atoms with Crippen molar-refractivity contribution in [3.63, 3.8) is 0 Å². The van der Waals surface area contributed by atoms with E-state index in [0.29, 0.717) is 16.7 Å². The standard InChI is InChI=1S/C21H23N7OS/c1-12-10-28-11-17(23-13(2)18(28)22-12)26-19(29)21-25-16-5-4-15(24-20(16)30-21)14-6-8-27(3)9-7-14/h4-5,10-11,14H,6-9H2,1-3H3,(H,26,29). The van der Waals surface area contributed by atoms with E-state index >= 15 is 0 Å². The molecule has 1 aliphatic heterocycles. The van der Waals surface area contributed by atoms with Crippen LogP contribution >= 0.6 is 11.3 Å². The van der Waals surface area contributed by atoms with E-state index in [1.165, 1.54) is 11.3 Å². The molecule has 1 fully saturated rings. The Balaban J connectivity index is 1.38. The maximum atomic E-state index is 12.8. The SMILES string of the molecule is Cc1cn2cc(NC(=O)c3nc4ccc(C5CCN(C)CC5)nc4s3)nc(C)c2n1. The zero-order valence-electron chi connectivity index (χ0n) is 17.2. The second-order valence-corrected chi connectivity index (χ2v) is 8.91. The highest BCUT2D eigenvalue weighted by molar-refractivity contribution is 7.20. The van der Waals surface area contributed by atoms with Gasteiger partial charge in [0.05, 0.1) is 17.6 Å². The number of carbonyl (C=O) groups is 1. The summed E-state index contributed by atoms with van der Waals surface area (Å²) in [5, 5.41) is 3.25. The van der Waals surface area contributed by atoms with Gasteiger partial charge in [0.2, 0.25) is 0 Å². The Kier molecular flexibility index (Phi) is 4.71. The van der Waals surface area contributed by atoms with Crippen LogP contribution in [0.5, 0.6) is 0 Å². The normalized spacial score (nSPS) is 15.8. The molecule has 0 atom stereocenters. The molecule has 0 aromatic carbocycles. The number of likely N-dealkylation sites (tertiary alicyclic amines) is 1. The lowest BCUT2D eigenvalue weighted by Crippen LogP contribution is -2.29. The fourth-order valence-corrected chi connectivity index (χ4v) is 4.80. The van der Waals surface area contributed by atoms with Crippen molar-refractivity contribution in [1.29, 1.82) is 0 Å². The maximum Gasteiger partial charge on any atom is 0.285 e. The monoisotopic (exact) mass is 421 g/mol. The Morgan fingerprint density at radius 2 is 1.90 bits per heavy atom. The van der Waals surface area contributed by atoms with E-state index in [9.17, 15) is 4.79 Å². The number of nitrogens with one attached hydrogen (secondary N) is 1. The Morgan fingerprint density at radius 1 is 1.10 bits per heavy atom. The van der Waals surface area contributed by atoms with Crippen LogP contribution in [0.15, 0.2) is 24.5 Å². The van der Waals surface area contributed by atoms with E-state index in [0.717, 1.165) is 59.0 Å². The number of aryl methyl sites for hydroxylation is 2. The van der Waals surface area contributed by atoms with Crippen molar-refractivity contribution in [2.75, 3.05) is 25.5 Å². The summed E-state index contributed by atoms with van der Waals surface area (Å²) in [7, 11) is 2.16. The molecule has 9 heteroatoms. The maximum absolute atomic E-state index is 12.8. The number of carbonyl (C=O) groups excluding carboxylic acids is 1. The second kappa shape index (κ2) is 7.41. The van der Waals surface area contributed by atoms with Gasteiger partial charge in [-0.1, -0.05) is 11.3 Å². The van der Waals surface area contributed by atoms with Crippen molar-refractivity contribution in [3.8, 4) is 0 Å². The zero-order chi connectivity index (χ0) is 20.8. The molecule has 1 amide bonds. The number of imidazole rings is 1. The predicted molar refractivity (Wildman–Crippen MR) is 117 cm³/mol. The minimum absolute atomic E-state index is 0.276. The van der Waals surface area contributed by atoms with Crippen LogP contribution in [-0.2, 0) is 0 Å². The van der Waals surface area contributed by atoms with Crippen LogP contribution in [0.3, 0.4) is 0 Å². The summed E-state index contributed by atoms with van der Waals surface area (Å²) in [5.74, 6) is 0.672. The lowest BCUT2D eigenvalue weighted by molar-refractivity contribution is 0.102.